The van der Waals surface area contributed by atoms with E-state index in [0.717, 1.165) is 50.1 Å². The lowest BCUT2D eigenvalue weighted by Gasteiger charge is -2.30. The van der Waals surface area contributed by atoms with Gasteiger partial charge in [-0.05, 0) is 61.6 Å². The number of benzene rings is 2. The van der Waals surface area contributed by atoms with Gasteiger partial charge in [0.2, 0.25) is 5.91 Å². The zero-order valence-corrected chi connectivity index (χ0v) is 14.3. The molecule has 0 atom stereocenters. The zero-order valence-electron chi connectivity index (χ0n) is 14.3. The zero-order chi connectivity index (χ0) is 17.2. The van der Waals surface area contributed by atoms with Gasteiger partial charge in [-0.2, -0.15) is 0 Å². The summed E-state index contributed by atoms with van der Waals surface area (Å²) in [5, 5.41) is 0. The first-order valence-corrected chi connectivity index (χ1v) is 9.04. The van der Waals surface area contributed by atoms with Crippen molar-refractivity contribution in [3.63, 3.8) is 0 Å². The molecule has 2 aromatic rings. The predicted octanol–water partition coefficient (Wildman–Crippen LogP) is 3.80. The largest absolute Gasteiger partial charge is 0.312 e. The quantitative estimate of drug-likeness (QED) is 0.838. The Morgan fingerprint density at radius 3 is 2.44 bits per heavy atom. The van der Waals surface area contributed by atoms with Gasteiger partial charge in [-0.3, -0.25) is 9.59 Å². The van der Waals surface area contributed by atoms with E-state index in [1.54, 1.807) is 0 Å². The summed E-state index contributed by atoms with van der Waals surface area (Å²) >= 11 is 0. The van der Waals surface area contributed by atoms with Gasteiger partial charge >= 0.3 is 0 Å². The highest BCUT2D eigenvalue weighted by Crippen LogP contribution is 2.29. The highest BCUT2D eigenvalue weighted by molar-refractivity contribution is 6.07. The van der Waals surface area contributed by atoms with E-state index >= 15 is 0 Å². The Kier molecular flexibility index (Phi) is 4.26. The number of aryl methyl sites for hydroxylation is 1. The molecule has 0 radical (unpaired) electrons. The van der Waals surface area contributed by atoms with Gasteiger partial charge in [0.1, 0.15) is 0 Å². The second kappa shape index (κ2) is 6.71. The number of hydrogen-bond donors (Lipinski definition) is 0. The van der Waals surface area contributed by atoms with E-state index < -0.39 is 0 Å². The molecular formula is C21H22N2O2. The highest BCUT2D eigenvalue weighted by atomic mass is 16.2. The fourth-order valence-corrected chi connectivity index (χ4v) is 3.76. The van der Waals surface area contributed by atoms with E-state index in [1.165, 1.54) is 5.56 Å². The number of piperidine rings is 1. The van der Waals surface area contributed by atoms with Crippen molar-refractivity contribution in [3.05, 3.63) is 59.7 Å². The molecule has 0 N–H and O–H groups in total. The van der Waals surface area contributed by atoms with Crippen molar-refractivity contribution in [1.29, 1.82) is 0 Å². The van der Waals surface area contributed by atoms with E-state index in [-0.39, 0.29) is 11.8 Å². The van der Waals surface area contributed by atoms with Crippen LogP contribution in [0.4, 0.5) is 11.4 Å². The minimum Gasteiger partial charge on any atom is -0.312 e. The van der Waals surface area contributed by atoms with Gasteiger partial charge in [0.05, 0.1) is 0 Å². The Morgan fingerprint density at radius 1 is 0.840 bits per heavy atom. The maximum absolute atomic E-state index is 13.0. The third-order valence-electron chi connectivity index (χ3n) is 5.10. The number of hydrogen-bond acceptors (Lipinski definition) is 2. The summed E-state index contributed by atoms with van der Waals surface area (Å²) < 4.78 is 0. The predicted molar refractivity (Wildman–Crippen MR) is 99.1 cm³/mol. The summed E-state index contributed by atoms with van der Waals surface area (Å²) in [6, 6.07) is 15.6. The van der Waals surface area contributed by atoms with Gasteiger partial charge in [0.15, 0.2) is 0 Å². The first kappa shape index (κ1) is 15.9. The Bertz CT molecular complexity index is 798. The van der Waals surface area contributed by atoms with Gasteiger partial charge in [-0.15, -0.1) is 0 Å². The molecule has 0 unspecified atom stereocenters. The summed E-state index contributed by atoms with van der Waals surface area (Å²) in [7, 11) is 0. The molecule has 2 heterocycles. The lowest BCUT2D eigenvalue weighted by Crippen LogP contribution is -2.36. The summed E-state index contributed by atoms with van der Waals surface area (Å²) in [6.45, 7) is 1.52. The fraction of sp³-hybridized carbons (Fsp3) is 0.333. The topological polar surface area (TPSA) is 40.6 Å². The Hall–Kier alpha value is -2.62. The summed E-state index contributed by atoms with van der Waals surface area (Å²) in [4.78, 5) is 28.7. The average Bonchev–Trinajstić information content (AvgIpc) is 2.67. The minimum absolute atomic E-state index is 0.0312. The molecule has 4 rings (SSSR count). The molecule has 0 aromatic heterocycles. The van der Waals surface area contributed by atoms with Gasteiger partial charge in [-0.1, -0.05) is 18.2 Å². The van der Waals surface area contributed by atoms with Crippen LogP contribution >= 0.6 is 0 Å². The normalized spacial score (nSPS) is 17.4. The van der Waals surface area contributed by atoms with Crippen molar-refractivity contribution in [3.8, 4) is 0 Å². The Balaban J connectivity index is 1.56. The molecule has 2 aliphatic rings. The lowest BCUT2D eigenvalue weighted by atomic mass is 10.0. The number of carbonyl (C=O) groups is 2. The molecule has 2 aliphatic heterocycles. The standard InChI is InChI=1S/C21H22N2O2/c24-20-9-3-4-14-22(20)18-12-10-17(11-13-18)21(25)23-15-5-7-16-6-1-2-8-19(16)23/h1-2,6,8,10-13H,3-5,7,9,14-15H2. The number of carbonyl (C=O) groups excluding carboxylic acids is 2. The van der Waals surface area contributed by atoms with E-state index in [9.17, 15) is 9.59 Å². The number of amides is 2. The number of rotatable bonds is 2. The molecule has 0 aliphatic carbocycles. The van der Waals surface area contributed by atoms with Crippen molar-refractivity contribution in [2.75, 3.05) is 22.9 Å². The SMILES string of the molecule is O=C1CCCCN1c1ccc(C(=O)N2CCCc3ccccc32)cc1. The lowest BCUT2D eigenvalue weighted by molar-refractivity contribution is -0.119. The third kappa shape index (κ3) is 3.04. The fourth-order valence-electron chi connectivity index (χ4n) is 3.76. The molecule has 25 heavy (non-hydrogen) atoms. The van der Waals surface area contributed by atoms with Crippen molar-refractivity contribution < 1.29 is 9.59 Å². The first-order chi connectivity index (χ1) is 12.2. The number of para-hydroxylation sites is 1. The van der Waals surface area contributed by atoms with Gasteiger partial charge in [-0.25, -0.2) is 0 Å². The summed E-state index contributed by atoms with van der Waals surface area (Å²) in [5.41, 5.74) is 3.82. The molecule has 2 aromatic carbocycles. The van der Waals surface area contributed by atoms with Crippen LogP contribution in [0.1, 0.15) is 41.6 Å². The van der Waals surface area contributed by atoms with Crippen LogP contribution in [0, 0.1) is 0 Å². The van der Waals surface area contributed by atoms with Crippen molar-refractivity contribution in [1.82, 2.24) is 0 Å². The van der Waals surface area contributed by atoms with Gasteiger partial charge in [0.25, 0.3) is 5.91 Å². The molecule has 0 saturated carbocycles. The van der Waals surface area contributed by atoms with Crippen LogP contribution in [-0.2, 0) is 11.2 Å². The summed E-state index contributed by atoms with van der Waals surface area (Å²) in [5.74, 6) is 0.207. The molecule has 0 bridgehead atoms. The number of anilines is 2. The van der Waals surface area contributed by atoms with Crippen LogP contribution in [0.2, 0.25) is 0 Å². The smallest absolute Gasteiger partial charge is 0.258 e. The highest BCUT2D eigenvalue weighted by Gasteiger charge is 2.24. The molecular weight excluding hydrogens is 312 g/mol. The van der Waals surface area contributed by atoms with Crippen LogP contribution in [0.3, 0.4) is 0 Å². The molecule has 1 saturated heterocycles. The van der Waals surface area contributed by atoms with Gasteiger partial charge < -0.3 is 9.80 Å². The second-order valence-corrected chi connectivity index (χ2v) is 6.74. The maximum atomic E-state index is 13.0. The van der Waals surface area contributed by atoms with Gasteiger partial charge in [0, 0.05) is 36.4 Å². The number of fused-ring (bicyclic) bond motifs is 1. The monoisotopic (exact) mass is 334 g/mol. The van der Waals surface area contributed by atoms with Crippen LogP contribution in [0.25, 0.3) is 0 Å². The van der Waals surface area contributed by atoms with E-state index in [4.69, 9.17) is 0 Å². The molecule has 1 fully saturated rings. The Labute approximate surface area is 148 Å². The molecule has 4 heteroatoms. The van der Waals surface area contributed by atoms with Crippen LogP contribution in [-0.4, -0.2) is 24.9 Å². The van der Waals surface area contributed by atoms with Crippen LogP contribution < -0.4 is 9.80 Å². The first-order valence-electron chi connectivity index (χ1n) is 9.04. The van der Waals surface area contributed by atoms with Crippen molar-refractivity contribution >= 4 is 23.2 Å². The molecule has 4 nitrogen and oxygen atoms in total. The molecule has 2 amide bonds. The van der Waals surface area contributed by atoms with Crippen molar-refractivity contribution in [2.24, 2.45) is 0 Å². The molecule has 0 spiro atoms. The third-order valence-corrected chi connectivity index (χ3v) is 5.10. The summed E-state index contributed by atoms with van der Waals surface area (Å²) in [6.07, 6.45) is 4.64. The van der Waals surface area contributed by atoms with E-state index in [2.05, 4.69) is 6.07 Å². The van der Waals surface area contributed by atoms with Crippen LogP contribution in [0.15, 0.2) is 48.5 Å². The molecule has 128 valence electrons. The van der Waals surface area contributed by atoms with E-state index in [0.29, 0.717) is 12.0 Å². The van der Waals surface area contributed by atoms with E-state index in [1.807, 2.05) is 52.3 Å². The Morgan fingerprint density at radius 2 is 1.64 bits per heavy atom. The minimum atomic E-state index is 0.0312. The van der Waals surface area contributed by atoms with Crippen LogP contribution in [0.5, 0.6) is 0 Å². The second-order valence-electron chi connectivity index (χ2n) is 6.74. The number of nitrogens with zero attached hydrogens (tertiary/aromatic N) is 2. The van der Waals surface area contributed by atoms with Crippen molar-refractivity contribution in [2.45, 2.75) is 32.1 Å². The maximum Gasteiger partial charge on any atom is 0.258 e. The average molecular weight is 334 g/mol.